The van der Waals surface area contributed by atoms with Crippen LogP contribution in [0.4, 0.5) is 5.13 Å². The highest BCUT2D eigenvalue weighted by Gasteiger charge is 2.38. The number of likely N-dealkylation sites (tertiary alicyclic amines) is 1. The van der Waals surface area contributed by atoms with Crippen LogP contribution in [0, 0.1) is 0 Å². The van der Waals surface area contributed by atoms with Crippen LogP contribution in [0.15, 0.2) is 37.9 Å². The molecule has 1 saturated heterocycles. The maximum atomic E-state index is 12.9. The van der Waals surface area contributed by atoms with Gasteiger partial charge in [0.25, 0.3) is 10.0 Å². The normalized spacial score (nSPS) is 20.5. The van der Waals surface area contributed by atoms with Gasteiger partial charge < -0.3 is 4.90 Å². The summed E-state index contributed by atoms with van der Waals surface area (Å²) in [5, 5.41) is 11.4. The first kappa shape index (κ1) is 19.3. The van der Waals surface area contributed by atoms with Crippen LogP contribution in [0.5, 0.6) is 0 Å². The molecule has 1 amide bonds. The van der Waals surface area contributed by atoms with E-state index in [0.717, 1.165) is 22.9 Å². The molecular formula is C17H19N5O3S3. The summed E-state index contributed by atoms with van der Waals surface area (Å²) in [6, 6.07) is 6.24. The van der Waals surface area contributed by atoms with Gasteiger partial charge in [0.2, 0.25) is 11.0 Å². The third-order valence-corrected chi connectivity index (χ3v) is 7.77. The van der Waals surface area contributed by atoms with Crippen molar-refractivity contribution in [3.05, 3.63) is 29.8 Å². The smallest absolute Gasteiger partial charge is 0.285 e. The number of amidine groups is 1. The van der Waals surface area contributed by atoms with Crippen molar-refractivity contribution in [3.63, 3.8) is 0 Å². The Morgan fingerprint density at radius 1 is 1.32 bits per heavy atom. The lowest BCUT2D eigenvalue weighted by Gasteiger charge is -2.35. The minimum Gasteiger partial charge on any atom is -0.343 e. The van der Waals surface area contributed by atoms with Crippen LogP contribution in [-0.4, -0.2) is 53.6 Å². The summed E-state index contributed by atoms with van der Waals surface area (Å²) >= 11 is 2.90. The van der Waals surface area contributed by atoms with Gasteiger partial charge in [-0.05, 0) is 37.1 Å². The van der Waals surface area contributed by atoms with Crippen molar-refractivity contribution in [2.24, 2.45) is 4.40 Å². The molecule has 0 unspecified atom stereocenters. The first-order chi connectivity index (χ1) is 13.5. The lowest BCUT2D eigenvalue weighted by Crippen LogP contribution is -2.50. The number of aromatic nitrogens is 2. The number of thioether (sulfide) groups is 1. The zero-order valence-electron chi connectivity index (χ0n) is 15.2. The molecule has 0 radical (unpaired) electrons. The quantitative estimate of drug-likeness (QED) is 0.579. The summed E-state index contributed by atoms with van der Waals surface area (Å²) in [5.74, 6) is 1.02. The van der Waals surface area contributed by atoms with Gasteiger partial charge in [-0.2, -0.15) is 8.42 Å². The molecular weight excluding hydrogens is 418 g/mol. The summed E-state index contributed by atoms with van der Waals surface area (Å²) in [5.41, 5.74) is 0.555. The van der Waals surface area contributed by atoms with Gasteiger partial charge in [-0.1, -0.05) is 42.2 Å². The highest BCUT2D eigenvalue weighted by molar-refractivity contribution is 8.01. The van der Waals surface area contributed by atoms with Gasteiger partial charge in [-0.25, -0.2) is 0 Å². The average Bonchev–Trinajstić information content (AvgIpc) is 3.24. The Morgan fingerprint density at radius 3 is 2.96 bits per heavy atom. The second kappa shape index (κ2) is 7.80. The largest absolute Gasteiger partial charge is 0.343 e. The van der Waals surface area contributed by atoms with Crippen molar-refractivity contribution in [3.8, 4) is 0 Å². The van der Waals surface area contributed by atoms with Crippen LogP contribution in [-0.2, 0) is 14.8 Å². The molecule has 3 heterocycles. The Kier molecular flexibility index (Phi) is 5.39. The minimum absolute atomic E-state index is 0.195. The van der Waals surface area contributed by atoms with E-state index in [-0.39, 0.29) is 10.8 Å². The highest BCUT2D eigenvalue weighted by atomic mass is 32.2. The zero-order valence-corrected chi connectivity index (χ0v) is 17.6. The Bertz CT molecular complexity index is 1030. The third kappa shape index (κ3) is 3.65. The van der Waals surface area contributed by atoms with Crippen molar-refractivity contribution in [2.75, 3.05) is 17.6 Å². The lowest BCUT2D eigenvalue weighted by atomic mass is 10.00. The Balaban J connectivity index is 1.59. The molecule has 0 aliphatic carbocycles. The molecule has 1 aromatic heterocycles. The van der Waals surface area contributed by atoms with Gasteiger partial charge in [-0.15, -0.1) is 14.6 Å². The van der Waals surface area contributed by atoms with Crippen LogP contribution < -0.4 is 5.32 Å². The van der Waals surface area contributed by atoms with Crippen LogP contribution in [0.1, 0.15) is 31.7 Å². The fourth-order valence-electron chi connectivity index (χ4n) is 3.38. The predicted molar refractivity (Wildman–Crippen MR) is 109 cm³/mol. The summed E-state index contributed by atoms with van der Waals surface area (Å²) in [7, 11) is -3.72. The van der Waals surface area contributed by atoms with E-state index >= 15 is 0 Å². The molecule has 2 aliphatic rings. The van der Waals surface area contributed by atoms with Gasteiger partial charge in [0.15, 0.2) is 10.2 Å². The number of amides is 1. The number of nitrogens with one attached hydrogen (secondary N) is 1. The van der Waals surface area contributed by atoms with Gasteiger partial charge in [0.05, 0.1) is 0 Å². The molecule has 0 saturated carbocycles. The van der Waals surface area contributed by atoms with Gasteiger partial charge in [0, 0.05) is 12.1 Å². The molecule has 1 atom stereocenters. The molecule has 11 heteroatoms. The van der Waals surface area contributed by atoms with Gasteiger partial charge in [0.1, 0.15) is 10.9 Å². The molecule has 148 valence electrons. The standard InChI is InChI=1S/C17H19N5O3S3/c1-2-26-17-20-19-16(27-17)18-15(23)12-8-5-6-10-22(12)14-11-7-3-4-9-13(11)28(24,25)21-14/h3-4,7,9,12H,2,5-6,8,10H2,1H3,(H,18,19,23)/t12-/m1/s1. The zero-order chi connectivity index (χ0) is 19.7. The molecule has 1 fully saturated rings. The fraction of sp³-hybridized carbons (Fsp3) is 0.412. The summed E-state index contributed by atoms with van der Waals surface area (Å²) in [4.78, 5) is 15.0. The van der Waals surface area contributed by atoms with Crippen molar-refractivity contribution in [2.45, 2.75) is 41.5 Å². The van der Waals surface area contributed by atoms with E-state index in [9.17, 15) is 13.2 Å². The number of fused-ring (bicyclic) bond motifs is 1. The van der Waals surface area contributed by atoms with Crippen LogP contribution in [0.25, 0.3) is 0 Å². The van der Waals surface area contributed by atoms with Crippen molar-refractivity contribution in [1.29, 1.82) is 0 Å². The second-order valence-electron chi connectivity index (χ2n) is 6.39. The van der Waals surface area contributed by atoms with Crippen molar-refractivity contribution < 1.29 is 13.2 Å². The SMILES string of the molecule is CCSc1nnc(NC(=O)[C@H]2CCCCN2C2=NS(=O)(=O)c3ccccc32)s1. The Hall–Kier alpha value is -1.98. The fourth-order valence-corrected chi connectivity index (χ4v) is 6.25. The van der Waals surface area contributed by atoms with Crippen molar-refractivity contribution in [1.82, 2.24) is 15.1 Å². The van der Waals surface area contributed by atoms with Gasteiger partial charge in [-0.3, -0.25) is 10.1 Å². The van der Waals surface area contributed by atoms with E-state index in [0.29, 0.717) is 29.5 Å². The summed E-state index contributed by atoms with van der Waals surface area (Å²) in [6.45, 7) is 2.60. The monoisotopic (exact) mass is 437 g/mol. The molecule has 4 rings (SSSR count). The number of carbonyl (C=O) groups is 1. The topological polar surface area (TPSA) is 105 Å². The van der Waals surface area contributed by atoms with E-state index in [1.54, 1.807) is 36.0 Å². The van der Waals surface area contributed by atoms with E-state index in [2.05, 4.69) is 19.9 Å². The van der Waals surface area contributed by atoms with Crippen molar-refractivity contribution >= 4 is 50.0 Å². The first-order valence-electron chi connectivity index (χ1n) is 8.98. The van der Waals surface area contributed by atoms with Gasteiger partial charge >= 0.3 is 0 Å². The van der Waals surface area contributed by atoms with E-state index in [1.165, 1.54) is 11.3 Å². The van der Waals surface area contributed by atoms with Crippen LogP contribution in [0.3, 0.4) is 0 Å². The number of hydrogen-bond donors (Lipinski definition) is 1. The number of hydrogen-bond acceptors (Lipinski definition) is 8. The number of anilines is 1. The molecule has 28 heavy (non-hydrogen) atoms. The Labute approximate surface area is 171 Å². The van der Waals surface area contributed by atoms with E-state index in [1.807, 2.05) is 11.8 Å². The first-order valence-corrected chi connectivity index (χ1v) is 12.2. The molecule has 2 aliphatic heterocycles. The number of nitrogens with zero attached hydrogens (tertiary/aromatic N) is 4. The maximum absolute atomic E-state index is 12.9. The maximum Gasteiger partial charge on any atom is 0.285 e. The molecule has 2 aromatic rings. The number of rotatable bonds is 4. The highest BCUT2D eigenvalue weighted by Crippen LogP contribution is 2.31. The van der Waals surface area contributed by atoms with Crippen LogP contribution >= 0.6 is 23.1 Å². The van der Waals surface area contributed by atoms with E-state index < -0.39 is 16.1 Å². The molecule has 8 nitrogen and oxygen atoms in total. The summed E-state index contributed by atoms with van der Waals surface area (Å²) < 4.78 is 29.6. The Morgan fingerprint density at radius 2 is 2.14 bits per heavy atom. The minimum atomic E-state index is -3.72. The average molecular weight is 438 g/mol. The number of piperidine rings is 1. The summed E-state index contributed by atoms with van der Waals surface area (Å²) in [6.07, 6.45) is 2.40. The molecule has 0 spiro atoms. The molecule has 0 bridgehead atoms. The molecule has 1 N–H and O–H groups in total. The number of sulfonamides is 1. The molecule has 1 aromatic carbocycles. The third-order valence-electron chi connectivity index (χ3n) is 4.59. The number of benzene rings is 1. The predicted octanol–water partition coefficient (Wildman–Crippen LogP) is 2.59. The van der Waals surface area contributed by atoms with Crippen LogP contribution in [0.2, 0.25) is 0 Å². The second-order valence-corrected chi connectivity index (χ2v) is 10.4. The van der Waals surface area contributed by atoms with E-state index in [4.69, 9.17) is 0 Å². The lowest BCUT2D eigenvalue weighted by molar-refractivity contribution is -0.120. The number of carbonyl (C=O) groups excluding carboxylic acids is 1.